The van der Waals surface area contributed by atoms with Crippen LogP contribution in [-0.2, 0) is 9.26 Å². The molecule has 1 saturated heterocycles. The number of fused-ring (bicyclic) bond motifs is 1. The van der Waals surface area contributed by atoms with E-state index in [-0.39, 0.29) is 12.3 Å². The normalized spacial score (nSPS) is 36.7. The molecule has 5 N–H and O–H groups in total. The Morgan fingerprint density at radius 2 is 2.50 bits per heavy atom. The zero-order chi connectivity index (χ0) is 14.3. The van der Waals surface area contributed by atoms with E-state index in [1.807, 2.05) is 4.57 Å². The predicted molar refractivity (Wildman–Crippen MR) is 75.3 cm³/mol. The fourth-order valence-corrected chi connectivity index (χ4v) is 3.04. The van der Waals surface area contributed by atoms with Gasteiger partial charge in [-0.3, -0.25) is 15.6 Å². The number of nitrogens with two attached hydrogens (primary N) is 1. The van der Waals surface area contributed by atoms with Crippen LogP contribution in [-0.4, -0.2) is 33.7 Å². The summed E-state index contributed by atoms with van der Waals surface area (Å²) in [6, 6.07) is 0. The topological polar surface area (TPSA) is 107 Å². The summed E-state index contributed by atoms with van der Waals surface area (Å²) in [5, 5.41) is 15.8. The van der Waals surface area contributed by atoms with E-state index in [1.54, 1.807) is 6.33 Å². The Labute approximate surface area is 119 Å². The highest BCUT2D eigenvalue weighted by molar-refractivity contribution is 7.09. The van der Waals surface area contributed by atoms with Crippen molar-refractivity contribution in [2.45, 2.75) is 38.2 Å². The van der Waals surface area contributed by atoms with Gasteiger partial charge in [0.15, 0.2) is 6.23 Å². The smallest absolute Gasteiger partial charge is 0.154 e. The molecule has 2 aliphatic heterocycles. The molecular formula is C11H20N5O3P. The Hall–Kier alpha value is -0.760. The van der Waals surface area contributed by atoms with E-state index in [4.69, 9.17) is 15.0 Å². The van der Waals surface area contributed by atoms with Gasteiger partial charge in [-0.1, -0.05) is 6.92 Å². The first kappa shape index (κ1) is 14.2. The molecule has 0 saturated carbocycles. The second-order valence-corrected chi connectivity index (χ2v) is 5.61. The second-order valence-electron chi connectivity index (χ2n) is 5.27. The van der Waals surface area contributed by atoms with Gasteiger partial charge in [0.05, 0.1) is 19.0 Å². The first-order valence-corrected chi connectivity index (χ1v) is 7.07. The van der Waals surface area contributed by atoms with Gasteiger partial charge < -0.3 is 19.7 Å². The van der Waals surface area contributed by atoms with Crippen molar-refractivity contribution < 1.29 is 14.4 Å². The molecule has 20 heavy (non-hydrogen) atoms. The van der Waals surface area contributed by atoms with Crippen molar-refractivity contribution in [3.05, 3.63) is 12.0 Å². The number of rotatable bonds is 3. The van der Waals surface area contributed by atoms with Crippen molar-refractivity contribution in [3.63, 3.8) is 0 Å². The first-order chi connectivity index (χ1) is 9.60. The third kappa shape index (κ3) is 2.43. The van der Waals surface area contributed by atoms with Crippen molar-refractivity contribution >= 4 is 15.3 Å². The van der Waals surface area contributed by atoms with Crippen molar-refractivity contribution in [1.82, 2.24) is 14.9 Å². The molecule has 8 nitrogen and oxygen atoms in total. The maximum Gasteiger partial charge on any atom is 0.154 e. The minimum absolute atomic E-state index is 0.0610. The van der Waals surface area contributed by atoms with Gasteiger partial charge >= 0.3 is 0 Å². The van der Waals surface area contributed by atoms with Gasteiger partial charge in [-0.25, -0.2) is 4.98 Å². The molecule has 1 aromatic heterocycles. The number of aliphatic hydroxyl groups is 1. The van der Waals surface area contributed by atoms with Crippen molar-refractivity contribution in [1.29, 1.82) is 0 Å². The number of aromatic nitrogens is 2. The van der Waals surface area contributed by atoms with Crippen LogP contribution in [0, 0.1) is 5.92 Å². The molecule has 9 heteroatoms. The van der Waals surface area contributed by atoms with E-state index in [9.17, 15) is 5.11 Å². The lowest BCUT2D eigenvalue weighted by Gasteiger charge is -2.29. The zero-order valence-corrected chi connectivity index (χ0v) is 12.3. The monoisotopic (exact) mass is 301 g/mol. The van der Waals surface area contributed by atoms with E-state index in [0.29, 0.717) is 24.0 Å². The first-order valence-electron chi connectivity index (χ1n) is 6.60. The number of nitrogens with zero attached hydrogens (tertiary/aromatic N) is 2. The Balaban J connectivity index is 1.85. The summed E-state index contributed by atoms with van der Waals surface area (Å²) < 4.78 is 13.0. The predicted octanol–water partition coefficient (Wildman–Crippen LogP) is -0.138. The van der Waals surface area contributed by atoms with Crippen LogP contribution in [0.25, 0.3) is 0 Å². The molecule has 1 fully saturated rings. The molecule has 3 rings (SSSR count). The molecule has 0 bridgehead atoms. The van der Waals surface area contributed by atoms with Crippen LogP contribution in [0.3, 0.4) is 0 Å². The van der Waals surface area contributed by atoms with Gasteiger partial charge in [0.25, 0.3) is 0 Å². The molecular weight excluding hydrogens is 281 g/mol. The Morgan fingerprint density at radius 1 is 1.70 bits per heavy atom. The van der Waals surface area contributed by atoms with E-state index in [1.165, 1.54) is 0 Å². The SMILES string of the molecule is CC1CC(COP)OC1n1cnc2c1NC(N)NC2O. The average molecular weight is 301 g/mol. The summed E-state index contributed by atoms with van der Waals surface area (Å²) in [5.41, 5.74) is 6.32. The van der Waals surface area contributed by atoms with Crippen molar-refractivity contribution in [2.75, 3.05) is 11.9 Å². The second kappa shape index (κ2) is 5.55. The van der Waals surface area contributed by atoms with Crippen LogP contribution in [0.2, 0.25) is 0 Å². The maximum atomic E-state index is 9.92. The minimum atomic E-state index is -0.870. The number of nitrogens with one attached hydrogen (secondary N) is 2. The molecule has 6 unspecified atom stereocenters. The van der Waals surface area contributed by atoms with Crippen LogP contribution < -0.4 is 16.4 Å². The van der Waals surface area contributed by atoms with Crippen molar-refractivity contribution in [3.8, 4) is 0 Å². The van der Waals surface area contributed by atoms with E-state index >= 15 is 0 Å². The molecule has 0 radical (unpaired) electrons. The summed E-state index contributed by atoms with van der Waals surface area (Å²) in [4.78, 5) is 4.24. The lowest BCUT2D eigenvalue weighted by Crippen LogP contribution is -2.49. The number of anilines is 1. The van der Waals surface area contributed by atoms with Crippen LogP contribution in [0.15, 0.2) is 6.33 Å². The van der Waals surface area contributed by atoms with Gasteiger partial charge in [0.1, 0.15) is 24.0 Å². The Morgan fingerprint density at radius 3 is 3.25 bits per heavy atom. The van der Waals surface area contributed by atoms with Gasteiger partial charge in [0, 0.05) is 15.4 Å². The standard InChI is InChI=1S/C11H20N5O3P/c1-5-2-6(3-18-20)19-10(5)16-4-13-7-8(16)14-11(12)15-9(7)17/h4-6,9-11,14-15,17H,2-3,12,20H2,1H3. The zero-order valence-electron chi connectivity index (χ0n) is 11.2. The molecule has 1 aromatic rings. The van der Waals surface area contributed by atoms with Gasteiger partial charge in [-0.2, -0.15) is 0 Å². The highest BCUT2D eigenvalue weighted by Gasteiger charge is 2.37. The fourth-order valence-electron chi connectivity index (χ4n) is 2.83. The van der Waals surface area contributed by atoms with E-state index < -0.39 is 12.5 Å². The van der Waals surface area contributed by atoms with Crippen LogP contribution in [0.1, 0.15) is 31.5 Å². The largest absolute Gasteiger partial charge is 0.372 e. The van der Waals surface area contributed by atoms with Crippen LogP contribution in [0.5, 0.6) is 0 Å². The van der Waals surface area contributed by atoms with Gasteiger partial charge in [-0.05, 0) is 6.42 Å². The molecule has 0 spiro atoms. The minimum Gasteiger partial charge on any atom is -0.372 e. The third-order valence-electron chi connectivity index (χ3n) is 3.72. The summed E-state index contributed by atoms with van der Waals surface area (Å²) in [5.74, 6) is 1.02. The highest BCUT2D eigenvalue weighted by atomic mass is 31.0. The number of ether oxygens (including phenoxy) is 1. The van der Waals surface area contributed by atoms with Crippen LogP contribution >= 0.6 is 9.47 Å². The summed E-state index contributed by atoms with van der Waals surface area (Å²) >= 11 is 0. The fraction of sp³-hybridized carbons (Fsp3) is 0.727. The van der Waals surface area contributed by atoms with E-state index in [0.717, 1.165) is 6.42 Å². The van der Waals surface area contributed by atoms with E-state index in [2.05, 4.69) is 32.0 Å². The summed E-state index contributed by atoms with van der Waals surface area (Å²) in [6.45, 7) is 2.66. The molecule has 112 valence electrons. The molecule has 2 aliphatic rings. The average Bonchev–Trinajstić information content (AvgIpc) is 2.93. The number of hydrogen-bond donors (Lipinski definition) is 4. The van der Waals surface area contributed by atoms with Gasteiger partial charge in [0.2, 0.25) is 0 Å². The molecule has 6 atom stereocenters. The maximum absolute atomic E-state index is 9.92. The van der Waals surface area contributed by atoms with Crippen molar-refractivity contribution in [2.24, 2.45) is 11.7 Å². The number of imidazole rings is 1. The van der Waals surface area contributed by atoms with Gasteiger partial charge in [-0.15, -0.1) is 0 Å². The summed E-state index contributed by atoms with van der Waals surface area (Å²) in [7, 11) is 2.24. The number of aliphatic hydroxyl groups excluding tert-OH is 1. The highest BCUT2D eigenvalue weighted by Crippen LogP contribution is 2.38. The Kier molecular flexibility index (Phi) is 3.94. The molecule has 0 aromatic carbocycles. The Bertz CT molecular complexity index is 485. The lowest BCUT2D eigenvalue weighted by atomic mass is 10.1. The molecule has 0 aliphatic carbocycles. The quantitative estimate of drug-likeness (QED) is 0.576. The number of hydrogen-bond acceptors (Lipinski definition) is 7. The molecule has 3 heterocycles. The lowest BCUT2D eigenvalue weighted by molar-refractivity contribution is -0.0240. The summed E-state index contributed by atoms with van der Waals surface area (Å²) in [6.07, 6.45) is 1.12. The third-order valence-corrected chi connectivity index (χ3v) is 3.91. The van der Waals surface area contributed by atoms with Crippen LogP contribution in [0.4, 0.5) is 5.82 Å². The molecule has 0 amide bonds.